The molecule has 15 heavy (non-hydrogen) atoms. The molecule has 0 amide bonds. The van der Waals surface area contributed by atoms with Crippen molar-refractivity contribution in [3.05, 3.63) is 48.0 Å². The van der Waals surface area contributed by atoms with Crippen molar-refractivity contribution in [2.75, 3.05) is 0 Å². The standard InChI is InChI=1S/C14H12O/c1-3-14(2,15)13-10-6-8-11-7-4-5-9-12(11)13/h1,4-10,15H,2H3. The molecule has 0 aliphatic rings. The monoisotopic (exact) mass is 196 g/mol. The van der Waals surface area contributed by atoms with Crippen molar-refractivity contribution in [3.63, 3.8) is 0 Å². The van der Waals surface area contributed by atoms with E-state index in [-0.39, 0.29) is 0 Å². The summed E-state index contributed by atoms with van der Waals surface area (Å²) in [6.07, 6.45) is 5.33. The van der Waals surface area contributed by atoms with Crippen LogP contribution in [0.5, 0.6) is 0 Å². The van der Waals surface area contributed by atoms with Crippen LogP contribution in [0.15, 0.2) is 42.5 Å². The summed E-state index contributed by atoms with van der Waals surface area (Å²) >= 11 is 0. The number of rotatable bonds is 1. The number of terminal acetylenes is 1. The summed E-state index contributed by atoms with van der Waals surface area (Å²) in [5.41, 5.74) is -0.427. The van der Waals surface area contributed by atoms with Crippen molar-refractivity contribution in [3.8, 4) is 12.3 Å². The molecular weight excluding hydrogens is 184 g/mol. The van der Waals surface area contributed by atoms with E-state index >= 15 is 0 Å². The van der Waals surface area contributed by atoms with Gasteiger partial charge in [0.25, 0.3) is 0 Å². The topological polar surface area (TPSA) is 20.2 Å². The van der Waals surface area contributed by atoms with Crippen LogP contribution in [0.2, 0.25) is 0 Å². The summed E-state index contributed by atoms with van der Waals surface area (Å²) in [6.45, 7) is 1.63. The first-order valence-corrected chi connectivity index (χ1v) is 4.83. The van der Waals surface area contributed by atoms with E-state index in [4.69, 9.17) is 6.42 Å². The largest absolute Gasteiger partial charge is 0.374 e. The van der Waals surface area contributed by atoms with Crippen molar-refractivity contribution in [1.29, 1.82) is 0 Å². The second-order valence-corrected chi connectivity index (χ2v) is 3.74. The van der Waals surface area contributed by atoms with Crippen LogP contribution in [0.1, 0.15) is 12.5 Å². The minimum absolute atomic E-state index is 0.781. The average molecular weight is 196 g/mol. The summed E-state index contributed by atoms with van der Waals surface area (Å²) in [5.74, 6) is 2.41. The zero-order chi connectivity index (χ0) is 10.9. The zero-order valence-electron chi connectivity index (χ0n) is 8.57. The SMILES string of the molecule is C#CC(C)(O)c1cccc2ccccc12. The Morgan fingerprint density at radius 3 is 2.53 bits per heavy atom. The van der Waals surface area contributed by atoms with Gasteiger partial charge < -0.3 is 5.11 Å². The highest BCUT2D eigenvalue weighted by Gasteiger charge is 2.21. The van der Waals surface area contributed by atoms with Gasteiger partial charge in [0.2, 0.25) is 0 Å². The van der Waals surface area contributed by atoms with Crippen LogP contribution >= 0.6 is 0 Å². The summed E-state index contributed by atoms with van der Waals surface area (Å²) in [5, 5.41) is 12.1. The molecule has 0 fully saturated rings. The molecule has 0 saturated carbocycles. The van der Waals surface area contributed by atoms with Crippen LogP contribution in [0.4, 0.5) is 0 Å². The molecule has 0 aromatic heterocycles. The van der Waals surface area contributed by atoms with E-state index in [0.29, 0.717) is 0 Å². The molecule has 0 saturated heterocycles. The fourth-order valence-electron chi connectivity index (χ4n) is 1.73. The summed E-state index contributed by atoms with van der Waals surface area (Å²) < 4.78 is 0. The van der Waals surface area contributed by atoms with Crippen molar-refractivity contribution in [1.82, 2.24) is 0 Å². The van der Waals surface area contributed by atoms with E-state index in [1.54, 1.807) is 6.92 Å². The van der Waals surface area contributed by atoms with E-state index in [1.807, 2.05) is 42.5 Å². The van der Waals surface area contributed by atoms with Crippen molar-refractivity contribution in [2.45, 2.75) is 12.5 Å². The Balaban J connectivity index is 2.78. The van der Waals surface area contributed by atoms with Crippen LogP contribution in [0.25, 0.3) is 10.8 Å². The fourth-order valence-corrected chi connectivity index (χ4v) is 1.73. The van der Waals surface area contributed by atoms with Crippen LogP contribution in [0.3, 0.4) is 0 Å². The van der Waals surface area contributed by atoms with Gasteiger partial charge in [-0.05, 0) is 17.7 Å². The van der Waals surface area contributed by atoms with Crippen LogP contribution in [-0.4, -0.2) is 5.11 Å². The van der Waals surface area contributed by atoms with Crippen molar-refractivity contribution >= 4 is 10.8 Å². The molecule has 0 aliphatic heterocycles. The second-order valence-electron chi connectivity index (χ2n) is 3.74. The lowest BCUT2D eigenvalue weighted by Crippen LogP contribution is -2.18. The van der Waals surface area contributed by atoms with Crippen molar-refractivity contribution in [2.24, 2.45) is 0 Å². The molecule has 1 atom stereocenters. The Hall–Kier alpha value is -1.78. The van der Waals surface area contributed by atoms with E-state index in [9.17, 15) is 5.11 Å². The molecular formula is C14H12O. The predicted octanol–water partition coefficient (Wildman–Crippen LogP) is 2.68. The number of hydrogen-bond acceptors (Lipinski definition) is 1. The smallest absolute Gasteiger partial charge is 0.148 e. The van der Waals surface area contributed by atoms with Gasteiger partial charge in [-0.2, -0.15) is 0 Å². The first-order valence-electron chi connectivity index (χ1n) is 4.83. The first-order chi connectivity index (χ1) is 7.15. The van der Waals surface area contributed by atoms with Gasteiger partial charge in [-0.3, -0.25) is 0 Å². The third-order valence-electron chi connectivity index (χ3n) is 2.60. The van der Waals surface area contributed by atoms with E-state index < -0.39 is 5.60 Å². The Kier molecular flexibility index (Phi) is 2.22. The molecule has 1 heteroatoms. The maximum absolute atomic E-state index is 10.1. The number of aliphatic hydroxyl groups is 1. The molecule has 1 nitrogen and oxygen atoms in total. The van der Waals surface area contributed by atoms with Gasteiger partial charge in [-0.25, -0.2) is 0 Å². The van der Waals surface area contributed by atoms with Crippen LogP contribution < -0.4 is 0 Å². The number of hydrogen-bond donors (Lipinski definition) is 1. The average Bonchev–Trinajstić information content (AvgIpc) is 2.28. The van der Waals surface area contributed by atoms with Gasteiger partial charge in [-0.15, -0.1) is 6.42 Å². The molecule has 0 spiro atoms. The highest BCUT2D eigenvalue weighted by molar-refractivity contribution is 5.86. The minimum atomic E-state index is -1.21. The molecule has 74 valence electrons. The molecule has 0 bridgehead atoms. The highest BCUT2D eigenvalue weighted by Crippen LogP contribution is 2.27. The highest BCUT2D eigenvalue weighted by atomic mass is 16.3. The van der Waals surface area contributed by atoms with E-state index in [0.717, 1.165) is 16.3 Å². The maximum atomic E-state index is 10.1. The van der Waals surface area contributed by atoms with Crippen LogP contribution in [0, 0.1) is 12.3 Å². The quantitative estimate of drug-likeness (QED) is 0.695. The second kappa shape index (κ2) is 3.42. The molecule has 1 N–H and O–H groups in total. The number of benzene rings is 2. The maximum Gasteiger partial charge on any atom is 0.148 e. The lowest BCUT2D eigenvalue weighted by atomic mass is 9.92. The molecule has 0 heterocycles. The third-order valence-corrected chi connectivity index (χ3v) is 2.60. The summed E-state index contributed by atoms with van der Waals surface area (Å²) in [4.78, 5) is 0. The fraction of sp³-hybridized carbons (Fsp3) is 0.143. The molecule has 2 aromatic carbocycles. The van der Waals surface area contributed by atoms with Crippen LogP contribution in [-0.2, 0) is 5.60 Å². The minimum Gasteiger partial charge on any atom is -0.374 e. The van der Waals surface area contributed by atoms with Gasteiger partial charge in [0, 0.05) is 5.56 Å². The third kappa shape index (κ3) is 1.60. The van der Waals surface area contributed by atoms with Gasteiger partial charge in [0.05, 0.1) is 0 Å². The molecule has 1 unspecified atom stereocenters. The van der Waals surface area contributed by atoms with Gasteiger partial charge in [-0.1, -0.05) is 48.4 Å². The molecule has 0 radical (unpaired) electrons. The lowest BCUT2D eigenvalue weighted by molar-refractivity contribution is 0.124. The predicted molar refractivity (Wildman–Crippen MR) is 62.4 cm³/mol. The summed E-state index contributed by atoms with van der Waals surface area (Å²) in [6, 6.07) is 13.7. The Bertz CT molecular complexity index is 527. The normalized spacial score (nSPS) is 14.5. The molecule has 2 rings (SSSR count). The van der Waals surface area contributed by atoms with Gasteiger partial charge >= 0.3 is 0 Å². The Morgan fingerprint density at radius 2 is 1.80 bits per heavy atom. The zero-order valence-corrected chi connectivity index (χ0v) is 8.57. The summed E-state index contributed by atoms with van der Waals surface area (Å²) in [7, 11) is 0. The molecule has 2 aromatic rings. The first kappa shape index (κ1) is 9.76. The Morgan fingerprint density at radius 1 is 1.13 bits per heavy atom. The number of fused-ring (bicyclic) bond motifs is 1. The lowest BCUT2D eigenvalue weighted by Gasteiger charge is -2.18. The molecule has 0 aliphatic carbocycles. The van der Waals surface area contributed by atoms with Gasteiger partial charge in [0.15, 0.2) is 0 Å². The van der Waals surface area contributed by atoms with Crippen molar-refractivity contribution < 1.29 is 5.11 Å². The van der Waals surface area contributed by atoms with Gasteiger partial charge in [0.1, 0.15) is 5.60 Å². The van der Waals surface area contributed by atoms with E-state index in [1.165, 1.54) is 0 Å². The van der Waals surface area contributed by atoms with E-state index in [2.05, 4.69) is 5.92 Å². The Labute approximate surface area is 89.4 Å².